The highest BCUT2D eigenvalue weighted by Crippen LogP contribution is 2.31. The smallest absolute Gasteiger partial charge is 0.248 e. The molecule has 1 heterocycles. The first-order valence-corrected chi connectivity index (χ1v) is 12.2. The van der Waals surface area contributed by atoms with Crippen LogP contribution < -0.4 is 15.5 Å². The molecule has 7 nitrogen and oxygen atoms in total. The maximum atomic E-state index is 13.7. The van der Waals surface area contributed by atoms with Gasteiger partial charge in [-0.2, -0.15) is 0 Å². The third kappa shape index (κ3) is 7.19. The third-order valence-electron chi connectivity index (χ3n) is 5.12. The topological polar surface area (TPSA) is 91.4 Å². The van der Waals surface area contributed by atoms with Gasteiger partial charge < -0.3 is 10.6 Å². The minimum absolute atomic E-state index is 0.0817. The van der Waals surface area contributed by atoms with Gasteiger partial charge in [-0.25, -0.2) is 9.37 Å². The number of aromatic nitrogens is 1. The molecular weight excluding hydrogens is 467 g/mol. The Morgan fingerprint density at radius 3 is 2.26 bits per heavy atom. The van der Waals surface area contributed by atoms with Crippen LogP contribution in [-0.4, -0.2) is 28.7 Å². The number of benzene rings is 2. The number of rotatable bonds is 9. The lowest BCUT2D eigenvalue weighted by atomic mass is 10.0. The average molecular weight is 497 g/mol. The van der Waals surface area contributed by atoms with Crippen LogP contribution in [0.25, 0.3) is 0 Å². The minimum Gasteiger partial charge on any atom is -0.352 e. The standard InChI is InChI=1S/C26H29FN4O3S/c1-16(2)29-25(34)24(19-5-7-20(27)8-6-19)31(21-14-17(3)13-18(4)15-21)23(33)10-9-22(32)30-26-28-11-12-35-26/h5-8,11-16,24H,9-10H2,1-4H3,(H,29,34)(H,28,30,32). The molecule has 0 saturated heterocycles. The fourth-order valence-corrected chi connectivity index (χ4v) is 4.31. The summed E-state index contributed by atoms with van der Waals surface area (Å²) in [6, 6.07) is 9.90. The average Bonchev–Trinajstić information content (AvgIpc) is 3.28. The number of anilines is 2. The van der Waals surface area contributed by atoms with Crippen LogP contribution in [0.5, 0.6) is 0 Å². The van der Waals surface area contributed by atoms with Crippen LogP contribution in [0.15, 0.2) is 54.0 Å². The molecule has 35 heavy (non-hydrogen) atoms. The van der Waals surface area contributed by atoms with Crippen molar-refractivity contribution in [3.63, 3.8) is 0 Å². The zero-order valence-electron chi connectivity index (χ0n) is 20.2. The Labute approximate surface area is 208 Å². The second kappa shape index (κ2) is 11.7. The van der Waals surface area contributed by atoms with E-state index in [1.54, 1.807) is 11.6 Å². The molecule has 1 aromatic heterocycles. The van der Waals surface area contributed by atoms with Gasteiger partial charge in [0.25, 0.3) is 0 Å². The van der Waals surface area contributed by atoms with Gasteiger partial charge in [0, 0.05) is 36.1 Å². The van der Waals surface area contributed by atoms with Crippen molar-refractivity contribution < 1.29 is 18.8 Å². The van der Waals surface area contributed by atoms with Crippen molar-refractivity contribution in [1.82, 2.24) is 10.3 Å². The molecule has 0 aliphatic heterocycles. The first kappa shape index (κ1) is 26.0. The predicted octanol–water partition coefficient (Wildman–Crippen LogP) is 4.92. The summed E-state index contributed by atoms with van der Waals surface area (Å²) in [5, 5.41) is 7.73. The zero-order chi connectivity index (χ0) is 25.5. The maximum Gasteiger partial charge on any atom is 0.248 e. The quantitative estimate of drug-likeness (QED) is 0.440. The van der Waals surface area contributed by atoms with Gasteiger partial charge in [0.15, 0.2) is 5.13 Å². The lowest BCUT2D eigenvalue weighted by molar-refractivity contribution is -0.127. The largest absolute Gasteiger partial charge is 0.352 e. The van der Waals surface area contributed by atoms with Crippen LogP contribution in [0.1, 0.15) is 49.4 Å². The molecular formula is C26H29FN4O3S. The van der Waals surface area contributed by atoms with Gasteiger partial charge in [0.05, 0.1) is 0 Å². The van der Waals surface area contributed by atoms with Crippen molar-refractivity contribution >= 4 is 39.9 Å². The molecule has 1 unspecified atom stereocenters. The summed E-state index contributed by atoms with van der Waals surface area (Å²) in [5.74, 6) is -1.59. The fraction of sp³-hybridized carbons (Fsp3) is 0.308. The van der Waals surface area contributed by atoms with Crippen LogP contribution in [0.4, 0.5) is 15.2 Å². The normalized spacial score (nSPS) is 11.7. The molecule has 0 aliphatic carbocycles. The summed E-state index contributed by atoms with van der Waals surface area (Å²) in [5.41, 5.74) is 2.83. The van der Waals surface area contributed by atoms with Gasteiger partial charge in [-0.3, -0.25) is 19.3 Å². The van der Waals surface area contributed by atoms with Crippen LogP contribution >= 0.6 is 11.3 Å². The molecule has 0 aliphatic rings. The van der Waals surface area contributed by atoms with Crippen molar-refractivity contribution in [2.24, 2.45) is 0 Å². The Kier molecular flexibility index (Phi) is 8.70. The van der Waals surface area contributed by atoms with Crippen molar-refractivity contribution in [3.8, 4) is 0 Å². The summed E-state index contributed by atoms with van der Waals surface area (Å²) in [6.45, 7) is 7.46. The van der Waals surface area contributed by atoms with E-state index in [0.717, 1.165) is 11.1 Å². The number of halogens is 1. The number of thiazole rings is 1. The van der Waals surface area contributed by atoms with E-state index in [1.807, 2.05) is 45.9 Å². The van der Waals surface area contributed by atoms with E-state index in [4.69, 9.17) is 0 Å². The second-order valence-electron chi connectivity index (χ2n) is 8.61. The summed E-state index contributed by atoms with van der Waals surface area (Å²) in [6.07, 6.45) is 1.37. The Hall–Kier alpha value is -3.59. The SMILES string of the molecule is Cc1cc(C)cc(N(C(=O)CCC(=O)Nc2nccs2)C(C(=O)NC(C)C)c2ccc(F)cc2)c1. The molecule has 1 atom stereocenters. The Bertz CT molecular complexity index is 1160. The number of nitrogens with zero attached hydrogens (tertiary/aromatic N) is 2. The Balaban J connectivity index is 1.98. The molecule has 9 heteroatoms. The number of aryl methyl sites for hydroxylation is 2. The van der Waals surface area contributed by atoms with Gasteiger partial charge in [0.1, 0.15) is 11.9 Å². The maximum absolute atomic E-state index is 13.7. The van der Waals surface area contributed by atoms with Crippen molar-refractivity contribution in [1.29, 1.82) is 0 Å². The lowest BCUT2D eigenvalue weighted by Gasteiger charge is -2.32. The van der Waals surface area contributed by atoms with E-state index in [0.29, 0.717) is 16.4 Å². The fourth-order valence-electron chi connectivity index (χ4n) is 3.76. The summed E-state index contributed by atoms with van der Waals surface area (Å²) < 4.78 is 13.7. The Morgan fingerprint density at radius 1 is 1.03 bits per heavy atom. The van der Waals surface area contributed by atoms with Crippen LogP contribution in [0, 0.1) is 19.7 Å². The predicted molar refractivity (Wildman–Crippen MR) is 136 cm³/mol. The number of carbonyl (C=O) groups excluding carboxylic acids is 3. The summed E-state index contributed by atoms with van der Waals surface area (Å²) in [4.78, 5) is 44.8. The van der Waals surface area contributed by atoms with Gasteiger partial charge in [-0.05, 0) is 68.7 Å². The van der Waals surface area contributed by atoms with E-state index in [2.05, 4.69) is 15.6 Å². The molecule has 2 aromatic carbocycles. The minimum atomic E-state index is -1.05. The molecule has 3 amide bonds. The van der Waals surface area contributed by atoms with E-state index in [9.17, 15) is 18.8 Å². The number of hydrogen-bond donors (Lipinski definition) is 2. The second-order valence-corrected chi connectivity index (χ2v) is 9.51. The van der Waals surface area contributed by atoms with Crippen LogP contribution in [0.2, 0.25) is 0 Å². The number of amides is 3. The van der Waals surface area contributed by atoms with Crippen molar-refractivity contribution in [3.05, 3.63) is 76.5 Å². The van der Waals surface area contributed by atoms with Gasteiger partial charge in [-0.1, -0.05) is 18.2 Å². The van der Waals surface area contributed by atoms with E-state index >= 15 is 0 Å². The summed E-state index contributed by atoms with van der Waals surface area (Å²) >= 11 is 1.28. The molecule has 0 radical (unpaired) electrons. The number of carbonyl (C=O) groups is 3. The van der Waals surface area contributed by atoms with Crippen LogP contribution in [-0.2, 0) is 14.4 Å². The summed E-state index contributed by atoms with van der Waals surface area (Å²) in [7, 11) is 0. The number of nitrogens with one attached hydrogen (secondary N) is 2. The van der Waals surface area contributed by atoms with E-state index < -0.39 is 23.7 Å². The highest BCUT2D eigenvalue weighted by Gasteiger charge is 2.33. The lowest BCUT2D eigenvalue weighted by Crippen LogP contribution is -2.46. The molecule has 2 N–H and O–H groups in total. The highest BCUT2D eigenvalue weighted by molar-refractivity contribution is 7.13. The molecule has 0 spiro atoms. The van der Waals surface area contributed by atoms with E-state index in [1.165, 1.54) is 40.5 Å². The number of hydrogen-bond acceptors (Lipinski definition) is 5. The van der Waals surface area contributed by atoms with Gasteiger partial charge >= 0.3 is 0 Å². The molecule has 3 rings (SSSR count). The van der Waals surface area contributed by atoms with Crippen LogP contribution in [0.3, 0.4) is 0 Å². The zero-order valence-corrected chi connectivity index (χ0v) is 21.0. The first-order valence-electron chi connectivity index (χ1n) is 11.3. The molecule has 0 fully saturated rings. The molecule has 184 valence electrons. The van der Waals surface area contributed by atoms with Gasteiger partial charge in [-0.15, -0.1) is 11.3 Å². The van der Waals surface area contributed by atoms with Gasteiger partial charge in [0.2, 0.25) is 17.7 Å². The third-order valence-corrected chi connectivity index (χ3v) is 5.81. The molecule has 3 aromatic rings. The Morgan fingerprint density at radius 2 is 1.69 bits per heavy atom. The molecule has 0 bridgehead atoms. The van der Waals surface area contributed by atoms with Crippen molar-refractivity contribution in [2.45, 2.75) is 52.6 Å². The monoisotopic (exact) mass is 496 g/mol. The molecule has 0 saturated carbocycles. The highest BCUT2D eigenvalue weighted by atomic mass is 32.1. The van der Waals surface area contributed by atoms with E-state index in [-0.39, 0.29) is 24.8 Å². The van der Waals surface area contributed by atoms with Crippen molar-refractivity contribution in [2.75, 3.05) is 10.2 Å². The first-order chi connectivity index (χ1) is 16.6.